The van der Waals surface area contributed by atoms with Crippen LogP contribution in [0.1, 0.15) is 44.6 Å². The van der Waals surface area contributed by atoms with E-state index in [1.807, 2.05) is 12.1 Å². The van der Waals surface area contributed by atoms with E-state index in [1.54, 1.807) is 12.1 Å². The average Bonchev–Trinajstić information content (AvgIpc) is 2.26. The Kier molecular flexibility index (Phi) is 4.96. The van der Waals surface area contributed by atoms with E-state index < -0.39 is 0 Å². The largest absolute Gasteiger partial charge is 0.508 e. The summed E-state index contributed by atoms with van der Waals surface area (Å²) in [5.41, 5.74) is 1.28. The number of hydrogen-bond acceptors (Lipinski definition) is 1. The van der Waals surface area contributed by atoms with Gasteiger partial charge in [0.2, 0.25) is 0 Å². The second kappa shape index (κ2) is 6.28. The summed E-state index contributed by atoms with van der Waals surface area (Å²) in [4.78, 5) is 0. The number of benzene rings is 1. The van der Waals surface area contributed by atoms with Gasteiger partial charge in [0, 0.05) is 5.92 Å². The smallest absolute Gasteiger partial charge is 0.115 e. The molecule has 0 bridgehead atoms. The topological polar surface area (TPSA) is 20.2 Å². The zero-order valence-corrected chi connectivity index (χ0v) is 9.61. The standard InChI is InChI=1S/C14H20O/c1-3-5-6-7-12(4-2)13-8-10-14(15)11-9-13/h6-12,15H,3-5H2,1-2H3/b7-6-. The molecule has 0 heterocycles. The number of unbranched alkanes of at least 4 members (excludes halogenated alkanes) is 1. The van der Waals surface area contributed by atoms with Crippen LogP contribution >= 0.6 is 0 Å². The number of aromatic hydroxyl groups is 1. The molecule has 1 rings (SSSR count). The van der Waals surface area contributed by atoms with Crippen molar-refractivity contribution in [2.45, 2.75) is 39.0 Å². The summed E-state index contributed by atoms with van der Waals surface area (Å²) >= 11 is 0. The summed E-state index contributed by atoms with van der Waals surface area (Å²) in [6, 6.07) is 7.51. The van der Waals surface area contributed by atoms with Crippen LogP contribution in [-0.4, -0.2) is 5.11 Å². The lowest BCUT2D eigenvalue weighted by Crippen LogP contribution is -1.92. The van der Waals surface area contributed by atoms with Gasteiger partial charge in [-0.3, -0.25) is 0 Å². The molecule has 1 unspecified atom stereocenters. The lowest BCUT2D eigenvalue weighted by Gasteiger charge is -2.10. The predicted molar refractivity (Wildman–Crippen MR) is 65.2 cm³/mol. The van der Waals surface area contributed by atoms with Crippen LogP contribution in [0.4, 0.5) is 0 Å². The van der Waals surface area contributed by atoms with E-state index in [2.05, 4.69) is 26.0 Å². The van der Waals surface area contributed by atoms with Gasteiger partial charge in [0.1, 0.15) is 5.75 Å². The molecular formula is C14H20O. The normalized spacial score (nSPS) is 13.2. The highest BCUT2D eigenvalue weighted by Crippen LogP contribution is 2.23. The monoisotopic (exact) mass is 204 g/mol. The van der Waals surface area contributed by atoms with Gasteiger partial charge in [0.25, 0.3) is 0 Å². The highest BCUT2D eigenvalue weighted by Gasteiger charge is 2.04. The minimum atomic E-state index is 0.339. The minimum absolute atomic E-state index is 0.339. The van der Waals surface area contributed by atoms with E-state index in [0.29, 0.717) is 11.7 Å². The SMILES string of the molecule is CCC/C=C\C(CC)c1ccc(O)cc1. The molecule has 1 N–H and O–H groups in total. The van der Waals surface area contributed by atoms with Crippen LogP contribution in [0.2, 0.25) is 0 Å². The molecule has 0 aliphatic carbocycles. The molecule has 1 nitrogen and oxygen atoms in total. The lowest BCUT2D eigenvalue weighted by molar-refractivity contribution is 0.475. The van der Waals surface area contributed by atoms with Crippen LogP contribution in [0, 0.1) is 0 Å². The van der Waals surface area contributed by atoms with Crippen molar-refractivity contribution in [1.82, 2.24) is 0 Å². The van der Waals surface area contributed by atoms with Crippen LogP contribution in [0.15, 0.2) is 36.4 Å². The molecule has 0 saturated heterocycles. The molecule has 0 aliphatic rings. The molecule has 1 heteroatoms. The third-order valence-corrected chi connectivity index (χ3v) is 2.58. The third kappa shape index (κ3) is 3.78. The maximum atomic E-state index is 9.21. The Hall–Kier alpha value is -1.24. The minimum Gasteiger partial charge on any atom is -0.508 e. The fourth-order valence-electron chi connectivity index (χ4n) is 1.63. The Bertz CT molecular complexity index is 298. The molecule has 1 aromatic carbocycles. The first-order valence-electron chi connectivity index (χ1n) is 5.73. The molecule has 82 valence electrons. The number of phenols is 1. The fourth-order valence-corrected chi connectivity index (χ4v) is 1.63. The quantitative estimate of drug-likeness (QED) is 0.711. The van der Waals surface area contributed by atoms with Gasteiger partial charge in [-0.1, -0.05) is 44.6 Å². The van der Waals surface area contributed by atoms with Crippen molar-refractivity contribution < 1.29 is 5.11 Å². The molecule has 1 aromatic rings. The van der Waals surface area contributed by atoms with Crippen molar-refractivity contribution in [3.8, 4) is 5.75 Å². The maximum absolute atomic E-state index is 9.21. The van der Waals surface area contributed by atoms with Gasteiger partial charge in [-0.05, 0) is 30.5 Å². The van der Waals surface area contributed by atoms with Crippen molar-refractivity contribution >= 4 is 0 Å². The zero-order chi connectivity index (χ0) is 11.1. The van der Waals surface area contributed by atoms with Gasteiger partial charge in [-0.2, -0.15) is 0 Å². The maximum Gasteiger partial charge on any atom is 0.115 e. The molecule has 1 atom stereocenters. The van der Waals surface area contributed by atoms with Gasteiger partial charge in [0.15, 0.2) is 0 Å². The summed E-state index contributed by atoms with van der Waals surface area (Å²) in [5.74, 6) is 0.822. The van der Waals surface area contributed by atoms with Crippen molar-refractivity contribution in [3.05, 3.63) is 42.0 Å². The van der Waals surface area contributed by atoms with E-state index in [1.165, 1.54) is 12.0 Å². The van der Waals surface area contributed by atoms with Crippen molar-refractivity contribution in [3.63, 3.8) is 0 Å². The summed E-state index contributed by atoms with van der Waals surface area (Å²) in [6.45, 7) is 4.37. The average molecular weight is 204 g/mol. The van der Waals surface area contributed by atoms with Crippen LogP contribution in [0.5, 0.6) is 5.75 Å². The van der Waals surface area contributed by atoms with Gasteiger partial charge in [-0.15, -0.1) is 0 Å². The van der Waals surface area contributed by atoms with Crippen molar-refractivity contribution in [1.29, 1.82) is 0 Å². The lowest BCUT2D eigenvalue weighted by atomic mass is 9.95. The Labute approximate surface area is 92.5 Å². The molecule has 0 spiro atoms. The number of rotatable bonds is 5. The molecule has 0 saturated carbocycles. The second-order valence-corrected chi connectivity index (χ2v) is 3.82. The van der Waals surface area contributed by atoms with Crippen LogP contribution in [-0.2, 0) is 0 Å². The molecule has 0 amide bonds. The van der Waals surface area contributed by atoms with Crippen molar-refractivity contribution in [2.75, 3.05) is 0 Å². The van der Waals surface area contributed by atoms with E-state index in [-0.39, 0.29) is 0 Å². The van der Waals surface area contributed by atoms with Crippen LogP contribution < -0.4 is 0 Å². The second-order valence-electron chi connectivity index (χ2n) is 3.82. The summed E-state index contributed by atoms with van der Waals surface area (Å²) in [7, 11) is 0. The third-order valence-electron chi connectivity index (χ3n) is 2.58. The summed E-state index contributed by atoms with van der Waals surface area (Å²) < 4.78 is 0. The Morgan fingerprint density at radius 3 is 2.40 bits per heavy atom. The number of hydrogen-bond donors (Lipinski definition) is 1. The molecule has 0 fully saturated rings. The van der Waals surface area contributed by atoms with Gasteiger partial charge >= 0.3 is 0 Å². The molecule has 0 aromatic heterocycles. The Morgan fingerprint density at radius 2 is 1.87 bits per heavy atom. The molecule has 15 heavy (non-hydrogen) atoms. The predicted octanol–water partition coefficient (Wildman–Crippen LogP) is 4.24. The van der Waals surface area contributed by atoms with Crippen LogP contribution in [0.25, 0.3) is 0 Å². The van der Waals surface area contributed by atoms with E-state index in [4.69, 9.17) is 0 Å². The first kappa shape index (κ1) is 11.8. The fraction of sp³-hybridized carbons (Fsp3) is 0.429. The number of phenolic OH excluding ortho intramolecular Hbond substituents is 1. The Balaban J connectivity index is 2.69. The van der Waals surface area contributed by atoms with E-state index >= 15 is 0 Å². The van der Waals surface area contributed by atoms with E-state index in [0.717, 1.165) is 12.8 Å². The first-order valence-corrected chi connectivity index (χ1v) is 5.73. The Morgan fingerprint density at radius 1 is 1.20 bits per heavy atom. The van der Waals surface area contributed by atoms with Gasteiger partial charge in [-0.25, -0.2) is 0 Å². The van der Waals surface area contributed by atoms with Gasteiger partial charge < -0.3 is 5.11 Å². The number of allylic oxidation sites excluding steroid dienone is 2. The molecule has 0 aliphatic heterocycles. The summed E-state index contributed by atoms with van der Waals surface area (Å²) in [6.07, 6.45) is 7.97. The summed E-state index contributed by atoms with van der Waals surface area (Å²) in [5, 5.41) is 9.21. The molecular weight excluding hydrogens is 184 g/mol. The molecule has 0 radical (unpaired) electrons. The van der Waals surface area contributed by atoms with Gasteiger partial charge in [0.05, 0.1) is 0 Å². The highest BCUT2D eigenvalue weighted by atomic mass is 16.3. The van der Waals surface area contributed by atoms with Crippen molar-refractivity contribution in [2.24, 2.45) is 0 Å². The zero-order valence-electron chi connectivity index (χ0n) is 9.61. The highest BCUT2D eigenvalue weighted by molar-refractivity contribution is 5.30. The van der Waals surface area contributed by atoms with Crippen LogP contribution in [0.3, 0.4) is 0 Å². The first-order chi connectivity index (χ1) is 7.27. The van der Waals surface area contributed by atoms with E-state index in [9.17, 15) is 5.11 Å².